The van der Waals surface area contributed by atoms with Crippen LogP contribution in [0.25, 0.3) is 0 Å². The average molecular weight is 573 g/mol. The molecule has 14 heteroatoms. The summed E-state index contributed by atoms with van der Waals surface area (Å²) in [5.41, 5.74) is 0.0892. The van der Waals surface area contributed by atoms with Crippen LogP contribution in [0.4, 0.5) is 10.8 Å². The summed E-state index contributed by atoms with van der Waals surface area (Å²) in [7, 11) is -0.0590. The predicted molar refractivity (Wildman–Crippen MR) is 142 cm³/mol. The Kier molecular flexibility index (Phi) is 9.65. The van der Waals surface area contributed by atoms with Crippen LogP contribution in [0.2, 0.25) is 5.02 Å². The van der Waals surface area contributed by atoms with E-state index in [1.807, 2.05) is 6.92 Å². The molecule has 3 aromatic rings. The Morgan fingerprint density at radius 1 is 1.06 bits per heavy atom. The van der Waals surface area contributed by atoms with Crippen molar-refractivity contribution in [3.8, 4) is 17.2 Å². The molecule has 0 atom stereocenters. The fourth-order valence-electron chi connectivity index (χ4n) is 3.06. The van der Waals surface area contributed by atoms with Crippen LogP contribution in [0.1, 0.15) is 13.3 Å². The zero-order valence-electron chi connectivity index (χ0n) is 20.0. The van der Waals surface area contributed by atoms with E-state index in [9.17, 15) is 13.2 Å². The first kappa shape index (κ1) is 27.8. The predicted octanol–water partition coefficient (Wildman–Crippen LogP) is 4.55. The maximum absolute atomic E-state index is 13.8. The highest BCUT2D eigenvalue weighted by atomic mass is 35.5. The monoisotopic (exact) mass is 572 g/mol. The third-order valence-corrected chi connectivity index (χ3v) is 8.89. The first-order valence-electron chi connectivity index (χ1n) is 10.6. The maximum Gasteiger partial charge on any atom is 0.265 e. The van der Waals surface area contributed by atoms with Gasteiger partial charge in [-0.15, -0.1) is 10.2 Å². The molecule has 0 fully saturated rings. The highest BCUT2D eigenvalue weighted by molar-refractivity contribution is 8.01. The number of carbonyl (C=O) groups is 1. The van der Waals surface area contributed by atoms with E-state index < -0.39 is 22.5 Å². The molecule has 0 spiro atoms. The average Bonchev–Trinajstić information content (AvgIpc) is 3.32. The molecular weight excluding hydrogens is 548 g/mol. The van der Waals surface area contributed by atoms with Gasteiger partial charge in [0.15, 0.2) is 15.8 Å². The molecule has 0 unspecified atom stereocenters. The summed E-state index contributed by atoms with van der Waals surface area (Å²) in [6.07, 6.45) is 0.969. The van der Waals surface area contributed by atoms with Crippen LogP contribution < -0.4 is 23.8 Å². The quantitative estimate of drug-likeness (QED) is 0.246. The van der Waals surface area contributed by atoms with Gasteiger partial charge in [-0.3, -0.25) is 14.4 Å². The van der Waals surface area contributed by atoms with Gasteiger partial charge >= 0.3 is 0 Å². The fourth-order valence-corrected chi connectivity index (χ4v) is 6.36. The van der Waals surface area contributed by atoms with Gasteiger partial charge in [0.05, 0.1) is 31.9 Å². The Hall–Kier alpha value is -2.74. The SMILES string of the molecule is CCCSc1nnc(NC(=O)CN(c2cc(Cl)ccc2OC)S(=O)(=O)c2ccc(OC)c(OC)c2)s1. The second-order valence-electron chi connectivity index (χ2n) is 7.11. The highest BCUT2D eigenvalue weighted by Crippen LogP contribution is 2.37. The summed E-state index contributed by atoms with van der Waals surface area (Å²) in [5, 5.41) is 11.2. The largest absolute Gasteiger partial charge is 0.495 e. The number of carbonyl (C=O) groups excluding carboxylic acids is 1. The number of halogens is 1. The van der Waals surface area contributed by atoms with Crippen molar-refractivity contribution in [1.29, 1.82) is 0 Å². The van der Waals surface area contributed by atoms with Gasteiger partial charge in [-0.05, 0) is 36.8 Å². The number of nitrogens with one attached hydrogen (secondary N) is 1. The van der Waals surface area contributed by atoms with Crippen molar-refractivity contribution in [2.24, 2.45) is 0 Å². The standard InChI is InChI=1S/C22H25ClN4O6S3/c1-5-10-34-22-26-25-21(35-22)24-20(28)13-27(16-11-14(23)6-8-17(16)31-2)36(29,30)15-7-9-18(32-3)19(12-15)33-4/h6-9,11-12H,5,10,13H2,1-4H3,(H,24,25,28). The second kappa shape index (κ2) is 12.5. The molecule has 0 aliphatic heterocycles. The zero-order chi connectivity index (χ0) is 26.3. The van der Waals surface area contributed by atoms with Crippen LogP contribution in [-0.2, 0) is 14.8 Å². The Bertz CT molecular complexity index is 1320. The van der Waals surface area contributed by atoms with E-state index in [1.54, 1.807) is 6.07 Å². The summed E-state index contributed by atoms with van der Waals surface area (Å²) < 4.78 is 45.1. The van der Waals surface area contributed by atoms with Crippen molar-refractivity contribution in [2.45, 2.75) is 22.6 Å². The van der Waals surface area contributed by atoms with Crippen molar-refractivity contribution in [3.63, 3.8) is 0 Å². The van der Waals surface area contributed by atoms with E-state index in [0.717, 1.165) is 16.5 Å². The number of ether oxygens (including phenoxy) is 3. The minimum Gasteiger partial charge on any atom is -0.495 e. The van der Waals surface area contributed by atoms with E-state index in [0.29, 0.717) is 10.1 Å². The molecule has 3 rings (SSSR count). The number of nitrogens with zero attached hydrogens (tertiary/aromatic N) is 3. The van der Waals surface area contributed by atoms with Crippen molar-refractivity contribution in [2.75, 3.05) is 43.2 Å². The van der Waals surface area contributed by atoms with Crippen molar-refractivity contribution in [3.05, 3.63) is 41.4 Å². The normalized spacial score (nSPS) is 11.1. The molecule has 1 aromatic heterocycles. The summed E-state index contributed by atoms with van der Waals surface area (Å²) in [6, 6.07) is 8.64. The van der Waals surface area contributed by atoms with E-state index in [1.165, 1.54) is 74.8 Å². The van der Waals surface area contributed by atoms with E-state index in [4.69, 9.17) is 25.8 Å². The first-order valence-corrected chi connectivity index (χ1v) is 14.2. The molecule has 1 heterocycles. The number of aromatic nitrogens is 2. The number of hydrogen-bond acceptors (Lipinski definition) is 10. The number of methoxy groups -OCH3 is 3. The zero-order valence-corrected chi connectivity index (χ0v) is 23.2. The van der Waals surface area contributed by atoms with Crippen LogP contribution in [0.15, 0.2) is 45.6 Å². The number of thioether (sulfide) groups is 1. The van der Waals surface area contributed by atoms with Gasteiger partial charge in [0.1, 0.15) is 12.3 Å². The van der Waals surface area contributed by atoms with Crippen LogP contribution >= 0.6 is 34.7 Å². The topological polar surface area (TPSA) is 120 Å². The van der Waals surface area contributed by atoms with Gasteiger partial charge in [-0.25, -0.2) is 8.42 Å². The van der Waals surface area contributed by atoms with Gasteiger partial charge in [0, 0.05) is 16.8 Å². The van der Waals surface area contributed by atoms with Crippen LogP contribution in [0.5, 0.6) is 17.2 Å². The van der Waals surface area contributed by atoms with Crippen LogP contribution in [0, 0.1) is 0 Å². The van der Waals surface area contributed by atoms with E-state index in [2.05, 4.69) is 15.5 Å². The molecule has 0 bridgehead atoms. The third-order valence-electron chi connectivity index (χ3n) is 4.72. The molecule has 36 heavy (non-hydrogen) atoms. The molecule has 0 aliphatic rings. The number of rotatable bonds is 12. The maximum atomic E-state index is 13.8. The Morgan fingerprint density at radius 2 is 1.75 bits per heavy atom. The van der Waals surface area contributed by atoms with Gasteiger partial charge < -0.3 is 14.2 Å². The molecule has 0 aliphatic carbocycles. The molecule has 2 aromatic carbocycles. The fraction of sp³-hybridized carbons (Fsp3) is 0.318. The lowest BCUT2D eigenvalue weighted by Gasteiger charge is -2.26. The summed E-state index contributed by atoms with van der Waals surface area (Å²) in [6.45, 7) is 1.47. The van der Waals surface area contributed by atoms with E-state index >= 15 is 0 Å². The molecule has 1 N–H and O–H groups in total. The third kappa shape index (κ3) is 6.52. The van der Waals surface area contributed by atoms with Gasteiger partial charge in [-0.2, -0.15) is 0 Å². The lowest BCUT2D eigenvalue weighted by Crippen LogP contribution is -2.38. The highest BCUT2D eigenvalue weighted by Gasteiger charge is 2.31. The number of amides is 1. The Morgan fingerprint density at radius 3 is 2.42 bits per heavy atom. The number of anilines is 2. The van der Waals surface area contributed by atoms with Crippen molar-refractivity contribution in [1.82, 2.24) is 10.2 Å². The van der Waals surface area contributed by atoms with Crippen LogP contribution in [-0.4, -0.2) is 58.1 Å². The molecular formula is C22H25ClN4O6S3. The van der Waals surface area contributed by atoms with Gasteiger partial charge in [0.2, 0.25) is 11.0 Å². The second-order valence-corrected chi connectivity index (χ2v) is 11.7. The molecule has 0 saturated heterocycles. The van der Waals surface area contributed by atoms with Crippen molar-refractivity contribution >= 4 is 61.4 Å². The molecule has 0 radical (unpaired) electrons. The molecule has 10 nitrogen and oxygen atoms in total. The number of hydrogen-bond donors (Lipinski definition) is 1. The Labute approximate surface area is 223 Å². The van der Waals surface area contributed by atoms with Crippen LogP contribution in [0.3, 0.4) is 0 Å². The van der Waals surface area contributed by atoms with E-state index in [-0.39, 0.29) is 32.2 Å². The molecule has 0 saturated carbocycles. The Balaban J connectivity index is 1.99. The molecule has 1 amide bonds. The van der Waals surface area contributed by atoms with Crippen molar-refractivity contribution < 1.29 is 27.4 Å². The summed E-state index contributed by atoms with van der Waals surface area (Å²) in [4.78, 5) is 12.9. The summed E-state index contributed by atoms with van der Waals surface area (Å²) >= 11 is 8.92. The summed E-state index contributed by atoms with van der Waals surface area (Å²) in [5.74, 6) is 1.03. The van der Waals surface area contributed by atoms with Gasteiger partial charge in [-0.1, -0.05) is 41.6 Å². The lowest BCUT2D eigenvalue weighted by atomic mass is 10.3. The smallest absolute Gasteiger partial charge is 0.265 e. The minimum atomic E-state index is -4.29. The molecule has 194 valence electrons. The minimum absolute atomic E-state index is 0.0892. The lowest BCUT2D eigenvalue weighted by molar-refractivity contribution is -0.114. The first-order chi connectivity index (χ1) is 17.2. The number of sulfonamides is 1. The number of benzene rings is 2. The van der Waals surface area contributed by atoms with Gasteiger partial charge in [0.25, 0.3) is 10.0 Å².